The first-order valence-electron chi connectivity index (χ1n) is 6.92. The minimum Gasteiger partial charge on any atom is -0.493 e. The van der Waals surface area contributed by atoms with Gasteiger partial charge < -0.3 is 10.1 Å². The molecular weight excluding hydrogens is 210 g/mol. The molecule has 0 aromatic heterocycles. The van der Waals surface area contributed by atoms with Crippen LogP contribution in [0, 0.1) is 11.8 Å². The van der Waals surface area contributed by atoms with Crippen LogP contribution in [0.2, 0.25) is 0 Å². The van der Waals surface area contributed by atoms with Crippen molar-refractivity contribution < 1.29 is 4.74 Å². The number of hydrogen-bond acceptors (Lipinski definition) is 2. The summed E-state index contributed by atoms with van der Waals surface area (Å²) in [5.41, 5.74) is 2.67. The first-order valence-corrected chi connectivity index (χ1v) is 6.92. The van der Waals surface area contributed by atoms with Crippen LogP contribution < -0.4 is 10.1 Å². The quantitative estimate of drug-likeness (QED) is 0.840. The molecule has 1 aromatic carbocycles. The van der Waals surface area contributed by atoms with Gasteiger partial charge in [0.15, 0.2) is 0 Å². The Balaban J connectivity index is 1.51. The molecule has 1 aromatic rings. The van der Waals surface area contributed by atoms with Crippen molar-refractivity contribution in [1.82, 2.24) is 0 Å². The lowest BCUT2D eigenvalue weighted by molar-refractivity contribution is 0.357. The fraction of sp³-hybridized carbons (Fsp3) is 0.600. The normalized spacial score (nSPS) is 33.5. The van der Waals surface area contributed by atoms with E-state index in [1.165, 1.54) is 36.9 Å². The number of anilines is 1. The second-order valence-corrected chi connectivity index (χ2v) is 5.76. The number of rotatable bonds is 2. The van der Waals surface area contributed by atoms with E-state index in [2.05, 4.69) is 23.5 Å². The monoisotopic (exact) mass is 229 g/mol. The first kappa shape index (κ1) is 9.81. The SMILES string of the molecule is c1cc2c(cc1NC1CCC[C@H]3C[C@@H]13)CCO2. The molecule has 0 radical (unpaired) electrons. The van der Waals surface area contributed by atoms with Gasteiger partial charge in [0.25, 0.3) is 0 Å². The standard InChI is InChI=1S/C15H19NO/c1-2-10-9-13(10)14(3-1)16-12-4-5-15-11(8-12)6-7-17-15/h4-5,8,10,13-14,16H,1-3,6-7,9H2/t10-,13+,14?/m0/s1. The molecule has 2 saturated carbocycles. The maximum Gasteiger partial charge on any atom is 0.122 e. The Morgan fingerprint density at radius 2 is 2.24 bits per heavy atom. The third kappa shape index (κ3) is 1.70. The summed E-state index contributed by atoms with van der Waals surface area (Å²) >= 11 is 0. The van der Waals surface area contributed by atoms with E-state index in [1.54, 1.807) is 0 Å². The largest absolute Gasteiger partial charge is 0.493 e. The van der Waals surface area contributed by atoms with Gasteiger partial charge in [-0.2, -0.15) is 0 Å². The average molecular weight is 229 g/mol. The van der Waals surface area contributed by atoms with Crippen molar-refractivity contribution in [2.24, 2.45) is 11.8 Å². The van der Waals surface area contributed by atoms with Crippen molar-refractivity contribution in [3.05, 3.63) is 23.8 Å². The first-order chi connectivity index (χ1) is 8.40. The number of nitrogens with one attached hydrogen (secondary N) is 1. The Hall–Kier alpha value is -1.18. The Bertz CT molecular complexity index is 443. The molecule has 2 heteroatoms. The zero-order valence-electron chi connectivity index (χ0n) is 10.1. The summed E-state index contributed by atoms with van der Waals surface area (Å²) in [5.74, 6) is 3.09. The van der Waals surface area contributed by atoms with Crippen LogP contribution in [0.4, 0.5) is 5.69 Å². The van der Waals surface area contributed by atoms with Crippen LogP contribution in [0.1, 0.15) is 31.2 Å². The Morgan fingerprint density at radius 1 is 1.24 bits per heavy atom. The summed E-state index contributed by atoms with van der Waals surface area (Å²) in [6, 6.07) is 7.32. The van der Waals surface area contributed by atoms with E-state index in [1.807, 2.05) is 0 Å². The lowest BCUT2D eigenvalue weighted by atomic mass is 9.95. The maximum atomic E-state index is 5.54. The van der Waals surface area contributed by atoms with E-state index in [-0.39, 0.29) is 0 Å². The number of fused-ring (bicyclic) bond motifs is 2. The van der Waals surface area contributed by atoms with Crippen LogP contribution in [0.15, 0.2) is 18.2 Å². The highest BCUT2D eigenvalue weighted by atomic mass is 16.5. The Labute approximate surface area is 102 Å². The summed E-state index contributed by atoms with van der Waals surface area (Å²) in [6.07, 6.45) is 6.77. The second kappa shape index (κ2) is 3.66. The molecule has 3 aliphatic rings. The summed E-state index contributed by atoms with van der Waals surface area (Å²) in [5, 5.41) is 3.75. The van der Waals surface area contributed by atoms with Crippen molar-refractivity contribution in [2.75, 3.05) is 11.9 Å². The molecule has 2 aliphatic carbocycles. The zero-order chi connectivity index (χ0) is 11.2. The fourth-order valence-corrected chi connectivity index (χ4v) is 3.58. The molecule has 1 heterocycles. The highest BCUT2D eigenvalue weighted by Crippen LogP contribution is 2.50. The molecule has 4 rings (SSSR count). The molecule has 1 N–H and O–H groups in total. The van der Waals surface area contributed by atoms with E-state index >= 15 is 0 Å². The highest BCUT2D eigenvalue weighted by Gasteiger charge is 2.45. The third-order valence-electron chi connectivity index (χ3n) is 4.63. The summed E-state index contributed by atoms with van der Waals surface area (Å²) in [6.45, 7) is 0.854. The molecule has 1 aliphatic heterocycles. The molecule has 3 atom stereocenters. The molecule has 90 valence electrons. The van der Waals surface area contributed by atoms with E-state index < -0.39 is 0 Å². The molecule has 0 bridgehead atoms. The van der Waals surface area contributed by atoms with E-state index in [9.17, 15) is 0 Å². The molecule has 1 unspecified atom stereocenters. The second-order valence-electron chi connectivity index (χ2n) is 5.76. The minimum atomic E-state index is 0.731. The van der Waals surface area contributed by atoms with Gasteiger partial charge in [0, 0.05) is 18.2 Å². The van der Waals surface area contributed by atoms with E-state index in [0.717, 1.165) is 36.7 Å². The van der Waals surface area contributed by atoms with Gasteiger partial charge in [0.2, 0.25) is 0 Å². The van der Waals surface area contributed by atoms with Crippen molar-refractivity contribution >= 4 is 5.69 Å². The van der Waals surface area contributed by atoms with Crippen molar-refractivity contribution in [3.63, 3.8) is 0 Å². The molecule has 0 amide bonds. The lowest BCUT2D eigenvalue weighted by Gasteiger charge is -2.24. The van der Waals surface area contributed by atoms with Crippen LogP contribution in [-0.4, -0.2) is 12.6 Å². The molecule has 0 spiro atoms. The number of ether oxygens (including phenoxy) is 1. The molecular formula is C15H19NO. The van der Waals surface area contributed by atoms with Gasteiger partial charge in [0.05, 0.1) is 6.61 Å². The van der Waals surface area contributed by atoms with Gasteiger partial charge in [-0.05, 0) is 48.4 Å². The predicted molar refractivity (Wildman–Crippen MR) is 68.5 cm³/mol. The highest BCUT2D eigenvalue weighted by molar-refractivity contribution is 5.53. The van der Waals surface area contributed by atoms with Gasteiger partial charge in [-0.3, -0.25) is 0 Å². The average Bonchev–Trinajstić information content (AvgIpc) is 3.00. The fourth-order valence-electron chi connectivity index (χ4n) is 3.58. The molecule has 2 fully saturated rings. The predicted octanol–water partition coefficient (Wildman–Crippen LogP) is 3.22. The van der Waals surface area contributed by atoms with E-state index in [4.69, 9.17) is 4.74 Å². The van der Waals surface area contributed by atoms with Gasteiger partial charge in [-0.15, -0.1) is 0 Å². The summed E-state index contributed by atoms with van der Waals surface area (Å²) in [4.78, 5) is 0. The van der Waals surface area contributed by atoms with Crippen LogP contribution in [-0.2, 0) is 6.42 Å². The smallest absolute Gasteiger partial charge is 0.122 e. The Kier molecular flexibility index (Phi) is 2.11. The van der Waals surface area contributed by atoms with Gasteiger partial charge in [-0.25, -0.2) is 0 Å². The molecule has 17 heavy (non-hydrogen) atoms. The van der Waals surface area contributed by atoms with Gasteiger partial charge >= 0.3 is 0 Å². The minimum absolute atomic E-state index is 0.731. The summed E-state index contributed by atoms with van der Waals surface area (Å²) in [7, 11) is 0. The molecule has 2 nitrogen and oxygen atoms in total. The van der Waals surface area contributed by atoms with Crippen molar-refractivity contribution in [3.8, 4) is 5.75 Å². The van der Waals surface area contributed by atoms with Crippen LogP contribution >= 0.6 is 0 Å². The summed E-state index contributed by atoms with van der Waals surface area (Å²) < 4.78 is 5.54. The van der Waals surface area contributed by atoms with Crippen molar-refractivity contribution in [1.29, 1.82) is 0 Å². The third-order valence-corrected chi connectivity index (χ3v) is 4.63. The Morgan fingerprint density at radius 3 is 3.24 bits per heavy atom. The topological polar surface area (TPSA) is 21.3 Å². The van der Waals surface area contributed by atoms with Crippen molar-refractivity contribution in [2.45, 2.75) is 38.1 Å². The molecule has 0 saturated heterocycles. The zero-order valence-corrected chi connectivity index (χ0v) is 10.1. The van der Waals surface area contributed by atoms with Crippen LogP contribution in [0.3, 0.4) is 0 Å². The lowest BCUT2D eigenvalue weighted by Crippen LogP contribution is -2.25. The number of benzene rings is 1. The van der Waals surface area contributed by atoms with Gasteiger partial charge in [0.1, 0.15) is 5.75 Å². The van der Waals surface area contributed by atoms with Gasteiger partial charge in [-0.1, -0.05) is 12.8 Å². The van der Waals surface area contributed by atoms with Crippen LogP contribution in [0.25, 0.3) is 0 Å². The van der Waals surface area contributed by atoms with Crippen LogP contribution in [0.5, 0.6) is 5.75 Å². The number of hydrogen-bond donors (Lipinski definition) is 1. The van der Waals surface area contributed by atoms with E-state index in [0.29, 0.717) is 0 Å². The maximum absolute atomic E-state index is 5.54.